The minimum absolute atomic E-state index is 0.0618. The third-order valence-corrected chi connectivity index (χ3v) is 4.78. The molecule has 1 N–H and O–H groups in total. The molecule has 0 spiro atoms. The first-order chi connectivity index (χ1) is 11.8. The molecule has 0 aliphatic heterocycles. The first kappa shape index (κ1) is 14.9. The van der Waals surface area contributed by atoms with E-state index in [-0.39, 0.29) is 5.91 Å². The lowest BCUT2D eigenvalue weighted by Gasteiger charge is -2.19. The van der Waals surface area contributed by atoms with Crippen molar-refractivity contribution in [1.29, 1.82) is 0 Å². The standard InChI is InChI=1S/C20H21N3O/c24-20(12-13-23-14-21-18-9-3-4-11-19(18)23)22-17-10-5-7-15-6-1-2-8-16(15)17/h3-5,7,9-11,14H,1-2,6,8,12-13H2,(H,22,24). The number of aromatic nitrogens is 2. The van der Waals surface area contributed by atoms with Crippen molar-refractivity contribution >= 4 is 22.6 Å². The van der Waals surface area contributed by atoms with Gasteiger partial charge in [-0.25, -0.2) is 4.98 Å². The molecule has 122 valence electrons. The number of amides is 1. The van der Waals surface area contributed by atoms with Crippen LogP contribution < -0.4 is 5.32 Å². The van der Waals surface area contributed by atoms with E-state index in [9.17, 15) is 4.79 Å². The summed E-state index contributed by atoms with van der Waals surface area (Å²) in [5, 5.41) is 3.11. The number of rotatable bonds is 4. The van der Waals surface area contributed by atoms with Crippen LogP contribution in [0.1, 0.15) is 30.4 Å². The second-order valence-corrected chi connectivity index (χ2v) is 6.38. The summed E-state index contributed by atoms with van der Waals surface area (Å²) in [6, 6.07) is 14.2. The van der Waals surface area contributed by atoms with Crippen LogP contribution in [0.15, 0.2) is 48.8 Å². The number of hydrogen-bond donors (Lipinski definition) is 1. The van der Waals surface area contributed by atoms with E-state index in [1.54, 1.807) is 0 Å². The van der Waals surface area contributed by atoms with Crippen LogP contribution in [0, 0.1) is 0 Å². The number of imidazole rings is 1. The number of aryl methyl sites for hydroxylation is 2. The SMILES string of the molecule is O=C(CCn1cnc2ccccc21)Nc1cccc2c1CCCC2. The number of benzene rings is 2. The molecular weight excluding hydrogens is 298 g/mol. The zero-order valence-corrected chi connectivity index (χ0v) is 13.7. The van der Waals surface area contributed by atoms with Gasteiger partial charge in [0.1, 0.15) is 0 Å². The second kappa shape index (κ2) is 6.48. The molecule has 1 amide bonds. The van der Waals surface area contributed by atoms with E-state index in [1.165, 1.54) is 24.0 Å². The normalized spacial score (nSPS) is 13.7. The highest BCUT2D eigenvalue weighted by molar-refractivity contribution is 5.91. The van der Waals surface area contributed by atoms with Crippen molar-refractivity contribution < 1.29 is 4.79 Å². The van der Waals surface area contributed by atoms with Crippen LogP contribution in [-0.2, 0) is 24.2 Å². The van der Waals surface area contributed by atoms with Crippen LogP contribution in [0.2, 0.25) is 0 Å². The lowest BCUT2D eigenvalue weighted by molar-refractivity contribution is -0.116. The van der Waals surface area contributed by atoms with E-state index in [0.717, 1.165) is 29.6 Å². The maximum absolute atomic E-state index is 12.4. The Kier molecular flexibility index (Phi) is 4.03. The van der Waals surface area contributed by atoms with E-state index in [2.05, 4.69) is 16.4 Å². The van der Waals surface area contributed by atoms with Crippen molar-refractivity contribution in [2.45, 2.75) is 38.6 Å². The van der Waals surface area contributed by atoms with E-state index in [0.29, 0.717) is 13.0 Å². The summed E-state index contributed by atoms with van der Waals surface area (Å²) in [6.07, 6.45) is 6.91. The molecule has 0 radical (unpaired) electrons. The maximum atomic E-state index is 12.4. The summed E-state index contributed by atoms with van der Waals surface area (Å²) in [5.74, 6) is 0.0618. The average Bonchev–Trinajstić information content (AvgIpc) is 3.04. The predicted molar refractivity (Wildman–Crippen MR) is 96.1 cm³/mol. The fourth-order valence-electron chi connectivity index (χ4n) is 3.52. The van der Waals surface area contributed by atoms with Gasteiger partial charge in [0.15, 0.2) is 0 Å². The Bertz CT molecular complexity index is 881. The zero-order valence-electron chi connectivity index (χ0n) is 13.7. The highest BCUT2D eigenvalue weighted by Crippen LogP contribution is 2.28. The van der Waals surface area contributed by atoms with Gasteiger partial charge in [-0.3, -0.25) is 4.79 Å². The number of carbonyl (C=O) groups is 1. The van der Waals surface area contributed by atoms with Crippen molar-refractivity contribution in [3.05, 3.63) is 59.9 Å². The second-order valence-electron chi connectivity index (χ2n) is 6.38. The zero-order chi connectivity index (χ0) is 16.4. The number of hydrogen-bond acceptors (Lipinski definition) is 2. The summed E-state index contributed by atoms with van der Waals surface area (Å²) in [6.45, 7) is 0.640. The monoisotopic (exact) mass is 319 g/mol. The van der Waals surface area contributed by atoms with Crippen LogP contribution in [0.5, 0.6) is 0 Å². The Morgan fingerprint density at radius 3 is 2.92 bits per heavy atom. The minimum atomic E-state index is 0.0618. The summed E-state index contributed by atoms with van der Waals surface area (Å²) in [5.41, 5.74) is 5.75. The summed E-state index contributed by atoms with van der Waals surface area (Å²) in [4.78, 5) is 16.8. The number of anilines is 1. The Balaban J connectivity index is 1.44. The van der Waals surface area contributed by atoms with Gasteiger partial charge < -0.3 is 9.88 Å². The quantitative estimate of drug-likeness (QED) is 0.791. The van der Waals surface area contributed by atoms with Gasteiger partial charge in [-0.2, -0.15) is 0 Å². The molecule has 2 aromatic carbocycles. The summed E-state index contributed by atoms with van der Waals surface area (Å²) < 4.78 is 2.04. The van der Waals surface area contributed by atoms with Gasteiger partial charge in [-0.05, 0) is 55.0 Å². The van der Waals surface area contributed by atoms with E-state index in [4.69, 9.17) is 0 Å². The molecule has 0 saturated carbocycles. The van der Waals surface area contributed by atoms with Crippen molar-refractivity contribution in [3.63, 3.8) is 0 Å². The van der Waals surface area contributed by atoms with Gasteiger partial charge in [0, 0.05) is 18.7 Å². The van der Waals surface area contributed by atoms with Gasteiger partial charge in [0.2, 0.25) is 5.91 Å². The number of nitrogens with zero attached hydrogens (tertiary/aromatic N) is 2. The smallest absolute Gasteiger partial charge is 0.226 e. The topological polar surface area (TPSA) is 46.9 Å². The van der Waals surface area contributed by atoms with Crippen LogP contribution in [0.3, 0.4) is 0 Å². The van der Waals surface area contributed by atoms with Gasteiger partial charge in [0.05, 0.1) is 17.4 Å². The van der Waals surface area contributed by atoms with Gasteiger partial charge >= 0.3 is 0 Å². The van der Waals surface area contributed by atoms with E-state index in [1.807, 2.05) is 47.3 Å². The van der Waals surface area contributed by atoms with Crippen molar-refractivity contribution in [1.82, 2.24) is 9.55 Å². The molecule has 0 bridgehead atoms. The van der Waals surface area contributed by atoms with Gasteiger partial charge in [0.25, 0.3) is 0 Å². The molecule has 1 aliphatic carbocycles. The molecule has 1 heterocycles. The lowest BCUT2D eigenvalue weighted by Crippen LogP contribution is -2.17. The van der Waals surface area contributed by atoms with Crippen LogP contribution >= 0.6 is 0 Å². The van der Waals surface area contributed by atoms with Crippen LogP contribution in [0.4, 0.5) is 5.69 Å². The van der Waals surface area contributed by atoms with Crippen LogP contribution in [0.25, 0.3) is 11.0 Å². The molecular formula is C20H21N3O. The predicted octanol–water partition coefficient (Wildman–Crippen LogP) is 3.94. The van der Waals surface area contributed by atoms with Crippen molar-refractivity contribution in [2.24, 2.45) is 0 Å². The lowest BCUT2D eigenvalue weighted by atomic mass is 9.90. The Morgan fingerprint density at radius 2 is 1.96 bits per heavy atom. The molecule has 0 unspecified atom stereocenters. The van der Waals surface area contributed by atoms with E-state index >= 15 is 0 Å². The maximum Gasteiger partial charge on any atom is 0.226 e. The Hall–Kier alpha value is -2.62. The highest BCUT2D eigenvalue weighted by Gasteiger charge is 2.14. The first-order valence-corrected chi connectivity index (χ1v) is 8.62. The molecule has 0 fully saturated rings. The first-order valence-electron chi connectivity index (χ1n) is 8.62. The van der Waals surface area contributed by atoms with Gasteiger partial charge in [-0.1, -0.05) is 24.3 Å². The van der Waals surface area contributed by atoms with Crippen molar-refractivity contribution in [2.75, 3.05) is 5.32 Å². The average molecular weight is 319 g/mol. The highest BCUT2D eigenvalue weighted by atomic mass is 16.1. The fraction of sp³-hybridized carbons (Fsp3) is 0.300. The molecule has 0 saturated heterocycles. The molecule has 1 aliphatic rings. The summed E-state index contributed by atoms with van der Waals surface area (Å²) >= 11 is 0. The molecule has 3 aromatic rings. The molecule has 4 nitrogen and oxygen atoms in total. The molecule has 0 atom stereocenters. The molecule has 4 rings (SSSR count). The summed E-state index contributed by atoms with van der Waals surface area (Å²) in [7, 11) is 0. The van der Waals surface area contributed by atoms with Crippen LogP contribution in [-0.4, -0.2) is 15.5 Å². The van der Waals surface area contributed by atoms with Crippen molar-refractivity contribution in [3.8, 4) is 0 Å². The molecule has 1 aromatic heterocycles. The largest absolute Gasteiger partial charge is 0.330 e. The third-order valence-electron chi connectivity index (χ3n) is 4.78. The fourth-order valence-corrected chi connectivity index (χ4v) is 3.52. The number of carbonyl (C=O) groups excluding carboxylic acids is 1. The molecule has 4 heteroatoms. The van der Waals surface area contributed by atoms with E-state index < -0.39 is 0 Å². The number of para-hydroxylation sites is 2. The van der Waals surface area contributed by atoms with Gasteiger partial charge in [-0.15, -0.1) is 0 Å². The Labute approximate surface area is 141 Å². The minimum Gasteiger partial charge on any atom is -0.330 e. The number of fused-ring (bicyclic) bond motifs is 2. The molecule has 24 heavy (non-hydrogen) atoms. The third kappa shape index (κ3) is 2.92. The number of nitrogens with one attached hydrogen (secondary N) is 1. The Morgan fingerprint density at radius 1 is 1.08 bits per heavy atom.